The SMILES string of the molecule is NC(N)=NCCCC(NC(=O)C(N)Cc1ccc(O)cc1)C(=O)NC(Cc1ccc(O)cc1)C(=O)N1CCCC1C(=O)O. The number of carbonyl (C=O) groups excluding carboxylic acids is 3. The Kier molecular flexibility index (Phi) is 11.7. The number of carboxylic acids is 1. The van der Waals surface area contributed by atoms with E-state index in [-0.39, 0.29) is 49.8 Å². The lowest BCUT2D eigenvalue weighted by Crippen LogP contribution is -2.57. The number of carboxylic acid groups (broad SMARTS) is 1. The molecule has 0 radical (unpaired) electrons. The summed E-state index contributed by atoms with van der Waals surface area (Å²) >= 11 is 0. The van der Waals surface area contributed by atoms with Crippen LogP contribution in [-0.2, 0) is 32.0 Å². The summed E-state index contributed by atoms with van der Waals surface area (Å²) in [5.74, 6) is -3.01. The number of guanidine groups is 1. The number of nitrogens with two attached hydrogens (primary N) is 3. The van der Waals surface area contributed by atoms with Crippen LogP contribution in [0.2, 0.25) is 0 Å². The fourth-order valence-electron chi connectivity index (χ4n) is 4.86. The van der Waals surface area contributed by atoms with Crippen LogP contribution in [0.4, 0.5) is 0 Å². The number of carbonyl (C=O) groups is 4. The van der Waals surface area contributed by atoms with Crippen LogP contribution in [0.25, 0.3) is 0 Å². The van der Waals surface area contributed by atoms with Gasteiger partial charge in [-0.25, -0.2) is 4.79 Å². The van der Waals surface area contributed by atoms with Crippen molar-refractivity contribution in [3.63, 3.8) is 0 Å². The monoisotopic (exact) mass is 597 g/mol. The standard InChI is InChI=1S/C29H39N7O7/c30-21(15-17-5-9-19(37)10-6-17)25(39)34-22(3-1-13-33-29(31)32)26(40)35-23(16-18-7-11-20(38)12-8-18)27(41)36-14-2-4-24(36)28(42)43/h5-12,21-24,37-38H,1-4,13-16,30H2,(H,34,39)(H,35,40)(H,42,43)(H4,31,32,33). The van der Waals surface area contributed by atoms with Gasteiger partial charge < -0.3 is 48.1 Å². The highest BCUT2D eigenvalue weighted by Crippen LogP contribution is 2.20. The fourth-order valence-corrected chi connectivity index (χ4v) is 4.86. The number of aliphatic carboxylic acids is 1. The van der Waals surface area contributed by atoms with Gasteiger partial charge in [0, 0.05) is 19.5 Å². The zero-order valence-corrected chi connectivity index (χ0v) is 23.7. The second-order valence-electron chi connectivity index (χ2n) is 10.4. The minimum atomic E-state index is -1.15. The Balaban J connectivity index is 1.80. The van der Waals surface area contributed by atoms with Crippen molar-refractivity contribution < 1.29 is 34.5 Å². The fraction of sp³-hybridized carbons (Fsp3) is 0.414. The third-order valence-electron chi connectivity index (χ3n) is 7.12. The Morgan fingerprint density at radius 2 is 1.44 bits per heavy atom. The zero-order chi connectivity index (χ0) is 31.5. The Bertz CT molecular complexity index is 1300. The first-order valence-corrected chi connectivity index (χ1v) is 14.0. The van der Waals surface area contributed by atoms with Crippen molar-refractivity contribution in [2.75, 3.05) is 13.1 Å². The molecule has 0 aromatic heterocycles. The van der Waals surface area contributed by atoms with Crippen LogP contribution in [0, 0.1) is 0 Å². The molecule has 0 bridgehead atoms. The average Bonchev–Trinajstić information content (AvgIpc) is 3.46. The molecule has 1 aliphatic heterocycles. The van der Waals surface area contributed by atoms with Gasteiger partial charge in [-0.3, -0.25) is 19.4 Å². The maximum absolute atomic E-state index is 13.6. The normalized spacial score (nSPS) is 16.5. The molecule has 14 nitrogen and oxygen atoms in total. The van der Waals surface area contributed by atoms with E-state index in [1.54, 1.807) is 24.3 Å². The van der Waals surface area contributed by atoms with Gasteiger partial charge in [-0.05, 0) is 67.5 Å². The van der Waals surface area contributed by atoms with Crippen molar-refractivity contribution >= 4 is 29.7 Å². The molecule has 1 saturated heterocycles. The number of hydrogen-bond acceptors (Lipinski definition) is 8. The number of phenolic OH excluding ortho intramolecular Hbond substituents is 2. The molecule has 1 fully saturated rings. The van der Waals surface area contributed by atoms with E-state index in [4.69, 9.17) is 17.2 Å². The van der Waals surface area contributed by atoms with Crippen molar-refractivity contribution in [1.82, 2.24) is 15.5 Å². The summed E-state index contributed by atoms with van der Waals surface area (Å²) in [6.07, 6.45) is 1.38. The minimum Gasteiger partial charge on any atom is -0.508 e. The first-order valence-electron chi connectivity index (χ1n) is 14.0. The molecule has 2 aromatic carbocycles. The number of phenols is 2. The van der Waals surface area contributed by atoms with Gasteiger partial charge in [0.15, 0.2) is 5.96 Å². The van der Waals surface area contributed by atoms with Gasteiger partial charge in [-0.2, -0.15) is 0 Å². The molecule has 232 valence electrons. The number of aromatic hydroxyl groups is 2. The molecule has 43 heavy (non-hydrogen) atoms. The van der Waals surface area contributed by atoms with Crippen LogP contribution in [-0.4, -0.2) is 87.1 Å². The Morgan fingerprint density at radius 1 is 0.884 bits per heavy atom. The van der Waals surface area contributed by atoms with Crippen molar-refractivity contribution in [3.05, 3.63) is 59.7 Å². The molecule has 1 aliphatic rings. The first-order chi connectivity index (χ1) is 20.4. The summed E-state index contributed by atoms with van der Waals surface area (Å²) in [4.78, 5) is 57.2. The topological polar surface area (TPSA) is 247 Å². The van der Waals surface area contributed by atoms with E-state index in [1.807, 2.05) is 0 Å². The van der Waals surface area contributed by atoms with Gasteiger partial charge in [-0.1, -0.05) is 24.3 Å². The molecular weight excluding hydrogens is 558 g/mol. The third kappa shape index (κ3) is 9.88. The van der Waals surface area contributed by atoms with Crippen LogP contribution in [0.1, 0.15) is 36.8 Å². The Hall–Kier alpha value is -4.85. The van der Waals surface area contributed by atoms with Crippen LogP contribution in [0.3, 0.4) is 0 Å². The molecular formula is C29H39N7O7. The minimum absolute atomic E-state index is 0.0166. The van der Waals surface area contributed by atoms with Crippen molar-refractivity contribution in [1.29, 1.82) is 0 Å². The summed E-state index contributed by atoms with van der Waals surface area (Å²) in [7, 11) is 0. The van der Waals surface area contributed by atoms with Gasteiger partial charge in [-0.15, -0.1) is 0 Å². The molecule has 0 aliphatic carbocycles. The molecule has 4 atom stereocenters. The molecule has 4 unspecified atom stereocenters. The summed E-state index contributed by atoms with van der Waals surface area (Å²) in [6.45, 7) is 0.411. The highest BCUT2D eigenvalue weighted by molar-refractivity contribution is 5.94. The molecule has 3 rings (SSSR count). The number of likely N-dealkylation sites (tertiary alicyclic amines) is 1. The molecule has 0 spiro atoms. The molecule has 3 amide bonds. The molecule has 0 saturated carbocycles. The Labute approximate surface area is 248 Å². The summed E-state index contributed by atoms with van der Waals surface area (Å²) in [5.41, 5.74) is 18.2. The number of aliphatic imine (C=N–C) groups is 1. The van der Waals surface area contributed by atoms with Gasteiger partial charge in [0.05, 0.1) is 6.04 Å². The second kappa shape index (κ2) is 15.4. The van der Waals surface area contributed by atoms with Crippen molar-refractivity contribution in [2.24, 2.45) is 22.2 Å². The third-order valence-corrected chi connectivity index (χ3v) is 7.12. The average molecular weight is 598 g/mol. The maximum atomic E-state index is 13.6. The predicted molar refractivity (Wildman–Crippen MR) is 158 cm³/mol. The van der Waals surface area contributed by atoms with Gasteiger partial charge in [0.25, 0.3) is 0 Å². The molecule has 14 heteroatoms. The Morgan fingerprint density at radius 3 is 2.00 bits per heavy atom. The van der Waals surface area contributed by atoms with E-state index in [1.165, 1.54) is 29.2 Å². The van der Waals surface area contributed by atoms with E-state index in [0.717, 1.165) is 0 Å². The van der Waals surface area contributed by atoms with Crippen LogP contribution in [0.5, 0.6) is 11.5 Å². The van der Waals surface area contributed by atoms with E-state index >= 15 is 0 Å². The number of nitrogens with zero attached hydrogens (tertiary/aromatic N) is 2. The summed E-state index contributed by atoms with van der Waals surface area (Å²) in [5, 5.41) is 34.2. The van der Waals surface area contributed by atoms with Crippen LogP contribution < -0.4 is 27.8 Å². The maximum Gasteiger partial charge on any atom is 0.326 e. The highest BCUT2D eigenvalue weighted by atomic mass is 16.4. The van der Waals surface area contributed by atoms with E-state index in [9.17, 15) is 34.5 Å². The summed E-state index contributed by atoms with van der Waals surface area (Å²) in [6, 6.07) is 7.97. The quantitative estimate of drug-likeness (QED) is 0.0773. The van der Waals surface area contributed by atoms with E-state index in [0.29, 0.717) is 30.4 Å². The van der Waals surface area contributed by atoms with Gasteiger partial charge in [0.1, 0.15) is 29.6 Å². The highest BCUT2D eigenvalue weighted by Gasteiger charge is 2.38. The molecule has 11 N–H and O–H groups in total. The lowest BCUT2D eigenvalue weighted by molar-refractivity contribution is -0.149. The predicted octanol–water partition coefficient (Wildman–Crippen LogP) is -0.691. The number of benzene rings is 2. The number of nitrogens with one attached hydrogen (secondary N) is 2. The van der Waals surface area contributed by atoms with Crippen LogP contribution in [0.15, 0.2) is 53.5 Å². The first kappa shape index (κ1) is 32.7. The molecule has 2 aromatic rings. The number of amides is 3. The smallest absolute Gasteiger partial charge is 0.326 e. The zero-order valence-electron chi connectivity index (χ0n) is 23.7. The molecule has 1 heterocycles. The van der Waals surface area contributed by atoms with Gasteiger partial charge in [0.2, 0.25) is 17.7 Å². The van der Waals surface area contributed by atoms with Crippen LogP contribution >= 0.6 is 0 Å². The number of rotatable bonds is 14. The van der Waals surface area contributed by atoms with Crippen molar-refractivity contribution in [2.45, 2.75) is 62.7 Å². The lowest BCUT2D eigenvalue weighted by atomic mass is 10.0. The van der Waals surface area contributed by atoms with Gasteiger partial charge >= 0.3 is 5.97 Å². The van der Waals surface area contributed by atoms with Crippen molar-refractivity contribution in [3.8, 4) is 11.5 Å². The van der Waals surface area contributed by atoms with E-state index in [2.05, 4.69) is 15.6 Å². The van der Waals surface area contributed by atoms with E-state index < -0.39 is 47.9 Å². The largest absolute Gasteiger partial charge is 0.508 e. The lowest BCUT2D eigenvalue weighted by Gasteiger charge is -2.29. The summed E-state index contributed by atoms with van der Waals surface area (Å²) < 4.78 is 0. The second-order valence-corrected chi connectivity index (χ2v) is 10.4. The number of hydrogen-bond donors (Lipinski definition) is 8.